The van der Waals surface area contributed by atoms with Crippen molar-refractivity contribution >= 4 is 33.4 Å². The van der Waals surface area contributed by atoms with Crippen LogP contribution in [-0.4, -0.2) is 30.3 Å². The third-order valence-electron chi connectivity index (χ3n) is 3.20. The van der Waals surface area contributed by atoms with Gasteiger partial charge in [-0.25, -0.2) is 4.39 Å². The van der Waals surface area contributed by atoms with Crippen molar-refractivity contribution in [2.45, 2.75) is 6.42 Å². The van der Waals surface area contributed by atoms with E-state index >= 15 is 0 Å². The second-order valence-corrected chi connectivity index (χ2v) is 6.02. The van der Waals surface area contributed by atoms with E-state index < -0.39 is 0 Å². The molecule has 0 aliphatic heterocycles. The molecule has 0 atom stereocenters. The predicted molar refractivity (Wildman–Crippen MR) is 90.5 cm³/mol. The van der Waals surface area contributed by atoms with Crippen LogP contribution in [0.5, 0.6) is 0 Å². The first kappa shape index (κ1) is 17.1. The fraction of sp³-hybridized carbons (Fsp3) is 0.176. The van der Waals surface area contributed by atoms with Gasteiger partial charge < -0.3 is 10.2 Å². The number of rotatable bonds is 5. The highest BCUT2D eigenvalue weighted by atomic mass is 79.9. The molecule has 0 radical (unpaired) electrons. The van der Waals surface area contributed by atoms with Crippen LogP contribution < -0.4 is 5.32 Å². The highest BCUT2D eigenvalue weighted by Gasteiger charge is 2.13. The Morgan fingerprint density at radius 1 is 1.09 bits per heavy atom. The van der Waals surface area contributed by atoms with E-state index in [0.717, 1.165) is 10.0 Å². The standard InChI is InChI=1S/C17H16BrFN2O2/c1-21(17(23)10-12-2-4-13(18)5-3-12)11-16(22)20-15-8-6-14(19)7-9-15/h2-9H,10-11H2,1H3,(H,20,22). The molecule has 2 aromatic carbocycles. The molecule has 4 nitrogen and oxygen atoms in total. The average molecular weight is 379 g/mol. The van der Waals surface area contributed by atoms with Crippen molar-refractivity contribution in [3.8, 4) is 0 Å². The van der Waals surface area contributed by atoms with Gasteiger partial charge in [0.2, 0.25) is 11.8 Å². The van der Waals surface area contributed by atoms with E-state index in [-0.39, 0.29) is 30.6 Å². The van der Waals surface area contributed by atoms with Crippen LogP contribution in [0, 0.1) is 5.82 Å². The maximum atomic E-state index is 12.8. The average Bonchev–Trinajstić information content (AvgIpc) is 2.51. The number of amides is 2. The molecule has 0 bridgehead atoms. The molecule has 2 aromatic rings. The zero-order valence-electron chi connectivity index (χ0n) is 12.6. The molecule has 0 unspecified atom stereocenters. The smallest absolute Gasteiger partial charge is 0.243 e. The number of carbonyl (C=O) groups excluding carboxylic acids is 2. The van der Waals surface area contributed by atoms with Crippen LogP contribution in [-0.2, 0) is 16.0 Å². The van der Waals surface area contributed by atoms with E-state index in [1.807, 2.05) is 24.3 Å². The van der Waals surface area contributed by atoms with E-state index in [2.05, 4.69) is 21.2 Å². The fourth-order valence-electron chi connectivity index (χ4n) is 1.95. The summed E-state index contributed by atoms with van der Waals surface area (Å²) >= 11 is 3.34. The van der Waals surface area contributed by atoms with Gasteiger partial charge in [0.25, 0.3) is 0 Å². The summed E-state index contributed by atoms with van der Waals surface area (Å²) in [7, 11) is 1.57. The SMILES string of the molecule is CN(CC(=O)Nc1ccc(F)cc1)C(=O)Cc1ccc(Br)cc1. The first-order valence-corrected chi connectivity index (χ1v) is 7.77. The van der Waals surface area contributed by atoms with Gasteiger partial charge >= 0.3 is 0 Å². The molecule has 2 rings (SSSR count). The van der Waals surface area contributed by atoms with Gasteiger partial charge in [0, 0.05) is 17.2 Å². The third-order valence-corrected chi connectivity index (χ3v) is 3.73. The summed E-state index contributed by atoms with van der Waals surface area (Å²) in [6.45, 7) is -0.0628. The van der Waals surface area contributed by atoms with Gasteiger partial charge in [-0.1, -0.05) is 28.1 Å². The van der Waals surface area contributed by atoms with E-state index in [4.69, 9.17) is 0 Å². The van der Waals surface area contributed by atoms with Crippen molar-refractivity contribution in [2.75, 3.05) is 18.9 Å². The van der Waals surface area contributed by atoms with Gasteiger partial charge in [0.1, 0.15) is 5.82 Å². The van der Waals surface area contributed by atoms with Gasteiger partial charge in [-0.3, -0.25) is 9.59 Å². The summed E-state index contributed by atoms with van der Waals surface area (Å²) in [4.78, 5) is 25.4. The number of halogens is 2. The molecule has 0 aliphatic rings. The molecule has 0 aliphatic carbocycles. The van der Waals surface area contributed by atoms with Crippen LogP contribution >= 0.6 is 15.9 Å². The third kappa shape index (κ3) is 5.49. The first-order chi connectivity index (χ1) is 10.9. The van der Waals surface area contributed by atoms with Crippen LogP contribution in [0.25, 0.3) is 0 Å². The Bertz CT molecular complexity index is 687. The Hall–Kier alpha value is -2.21. The second kappa shape index (κ2) is 7.87. The van der Waals surface area contributed by atoms with Crippen LogP contribution in [0.2, 0.25) is 0 Å². The number of hydrogen-bond donors (Lipinski definition) is 1. The maximum absolute atomic E-state index is 12.8. The van der Waals surface area contributed by atoms with E-state index in [9.17, 15) is 14.0 Å². The Morgan fingerprint density at radius 3 is 2.30 bits per heavy atom. The van der Waals surface area contributed by atoms with Gasteiger partial charge in [-0.05, 0) is 42.0 Å². The summed E-state index contributed by atoms with van der Waals surface area (Å²) in [5.74, 6) is -0.852. The molecule has 0 saturated heterocycles. The minimum absolute atomic E-state index is 0.0628. The monoisotopic (exact) mass is 378 g/mol. The minimum atomic E-state index is -0.371. The summed E-state index contributed by atoms with van der Waals surface area (Å²) in [6.07, 6.45) is 0.230. The minimum Gasteiger partial charge on any atom is -0.336 e. The molecule has 0 aromatic heterocycles. The number of carbonyl (C=O) groups is 2. The van der Waals surface area contributed by atoms with E-state index in [1.165, 1.54) is 29.2 Å². The van der Waals surface area contributed by atoms with Crippen LogP contribution in [0.3, 0.4) is 0 Å². The topological polar surface area (TPSA) is 49.4 Å². The number of likely N-dealkylation sites (N-methyl/N-ethyl adjacent to an activating group) is 1. The maximum Gasteiger partial charge on any atom is 0.243 e. The van der Waals surface area contributed by atoms with Gasteiger partial charge in [0.15, 0.2) is 0 Å². The lowest BCUT2D eigenvalue weighted by atomic mass is 10.1. The molecule has 0 heterocycles. The lowest BCUT2D eigenvalue weighted by Gasteiger charge is -2.17. The Morgan fingerprint density at radius 2 is 1.70 bits per heavy atom. The van der Waals surface area contributed by atoms with Crippen molar-refractivity contribution in [1.82, 2.24) is 4.90 Å². The van der Waals surface area contributed by atoms with Crippen molar-refractivity contribution < 1.29 is 14.0 Å². The number of nitrogens with one attached hydrogen (secondary N) is 1. The molecule has 1 N–H and O–H groups in total. The van der Waals surface area contributed by atoms with E-state index in [0.29, 0.717) is 5.69 Å². The molecule has 6 heteroatoms. The summed E-state index contributed by atoms with van der Waals surface area (Å²) < 4.78 is 13.7. The quantitative estimate of drug-likeness (QED) is 0.867. The van der Waals surface area contributed by atoms with Crippen molar-refractivity contribution in [3.05, 3.63) is 64.4 Å². The van der Waals surface area contributed by atoms with Crippen molar-refractivity contribution in [2.24, 2.45) is 0 Å². The normalized spacial score (nSPS) is 10.2. The molecule has 120 valence electrons. The Kier molecular flexibility index (Phi) is 5.87. The summed E-state index contributed by atoms with van der Waals surface area (Å²) in [6, 6.07) is 12.9. The number of benzene rings is 2. The number of nitrogens with zero attached hydrogens (tertiary/aromatic N) is 1. The number of hydrogen-bond acceptors (Lipinski definition) is 2. The zero-order chi connectivity index (χ0) is 16.8. The molecule has 23 heavy (non-hydrogen) atoms. The molecule has 0 fully saturated rings. The van der Waals surface area contributed by atoms with Gasteiger partial charge in [-0.15, -0.1) is 0 Å². The summed E-state index contributed by atoms with van der Waals surface area (Å²) in [5.41, 5.74) is 1.37. The molecule has 0 saturated carbocycles. The molecular formula is C17H16BrFN2O2. The zero-order valence-corrected chi connectivity index (χ0v) is 14.1. The second-order valence-electron chi connectivity index (χ2n) is 5.11. The largest absolute Gasteiger partial charge is 0.336 e. The fourth-order valence-corrected chi connectivity index (χ4v) is 2.21. The predicted octanol–water partition coefficient (Wildman–Crippen LogP) is 3.23. The van der Waals surface area contributed by atoms with Crippen LogP contribution in [0.4, 0.5) is 10.1 Å². The molecule has 2 amide bonds. The summed E-state index contributed by atoms with van der Waals surface area (Å²) in [5, 5.41) is 2.62. The highest BCUT2D eigenvalue weighted by Crippen LogP contribution is 2.12. The highest BCUT2D eigenvalue weighted by molar-refractivity contribution is 9.10. The van der Waals surface area contributed by atoms with Gasteiger partial charge in [-0.2, -0.15) is 0 Å². The van der Waals surface area contributed by atoms with E-state index in [1.54, 1.807) is 7.05 Å². The number of anilines is 1. The Balaban J connectivity index is 1.86. The lowest BCUT2D eigenvalue weighted by Crippen LogP contribution is -2.35. The molecular weight excluding hydrogens is 363 g/mol. The van der Waals surface area contributed by atoms with Crippen LogP contribution in [0.15, 0.2) is 53.0 Å². The van der Waals surface area contributed by atoms with Crippen molar-refractivity contribution in [3.63, 3.8) is 0 Å². The Labute approximate surface area is 142 Å². The van der Waals surface area contributed by atoms with Gasteiger partial charge in [0.05, 0.1) is 13.0 Å². The first-order valence-electron chi connectivity index (χ1n) is 6.98. The molecule has 0 spiro atoms. The lowest BCUT2D eigenvalue weighted by molar-refractivity contribution is -0.132. The van der Waals surface area contributed by atoms with Crippen LogP contribution in [0.1, 0.15) is 5.56 Å². The van der Waals surface area contributed by atoms with Crippen molar-refractivity contribution in [1.29, 1.82) is 0 Å².